The zero-order chi connectivity index (χ0) is 25.6. The van der Waals surface area contributed by atoms with Crippen molar-refractivity contribution in [2.45, 2.75) is 58.7 Å². The highest BCUT2D eigenvalue weighted by Gasteiger charge is 2.46. The SMILES string of the molecule is Cc1cc(C(=O)Nc2n[nH]c3c2CN(C(=O)N2CCN(CC4CCOCC4)C[C@@H]2C)C3(C)C)n(C)n1. The van der Waals surface area contributed by atoms with E-state index in [1.165, 1.54) is 0 Å². The van der Waals surface area contributed by atoms with Gasteiger partial charge in [-0.1, -0.05) is 0 Å². The third-order valence-electron chi connectivity index (χ3n) is 7.98. The fraction of sp³-hybridized carbons (Fsp3) is 0.680. The first-order valence-corrected chi connectivity index (χ1v) is 12.9. The molecule has 36 heavy (non-hydrogen) atoms. The minimum atomic E-state index is -0.565. The molecule has 11 nitrogen and oxygen atoms in total. The molecule has 0 bridgehead atoms. The summed E-state index contributed by atoms with van der Waals surface area (Å²) in [5, 5.41) is 14.6. The summed E-state index contributed by atoms with van der Waals surface area (Å²) >= 11 is 0. The molecule has 0 aliphatic carbocycles. The Kier molecular flexibility index (Phi) is 6.54. The molecule has 2 fully saturated rings. The second-order valence-corrected chi connectivity index (χ2v) is 11.0. The predicted molar refractivity (Wildman–Crippen MR) is 135 cm³/mol. The first-order valence-electron chi connectivity index (χ1n) is 12.9. The van der Waals surface area contributed by atoms with Crippen LogP contribution in [0.4, 0.5) is 10.6 Å². The van der Waals surface area contributed by atoms with Gasteiger partial charge in [0.05, 0.1) is 23.5 Å². The number of nitrogens with zero attached hydrogens (tertiary/aromatic N) is 6. The summed E-state index contributed by atoms with van der Waals surface area (Å²) in [6, 6.07) is 1.90. The number of aromatic nitrogens is 4. The molecule has 0 radical (unpaired) electrons. The Balaban J connectivity index is 1.25. The van der Waals surface area contributed by atoms with Crippen LogP contribution in [0.5, 0.6) is 0 Å². The molecule has 0 aromatic carbocycles. The highest BCUT2D eigenvalue weighted by atomic mass is 16.5. The van der Waals surface area contributed by atoms with Crippen molar-refractivity contribution in [1.82, 2.24) is 34.7 Å². The monoisotopic (exact) mass is 498 g/mol. The van der Waals surface area contributed by atoms with Gasteiger partial charge in [-0.25, -0.2) is 4.79 Å². The molecule has 0 spiro atoms. The Morgan fingerprint density at radius 2 is 2.00 bits per heavy atom. The molecular weight excluding hydrogens is 460 g/mol. The number of carbonyl (C=O) groups excluding carboxylic acids is 2. The van der Waals surface area contributed by atoms with Crippen molar-refractivity contribution in [2.75, 3.05) is 44.7 Å². The van der Waals surface area contributed by atoms with Gasteiger partial charge >= 0.3 is 6.03 Å². The van der Waals surface area contributed by atoms with Crippen molar-refractivity contribution in [2.24, 2.45) is 13.0 Å². The molecule has 0 unspecified atom stereocenters. The largest absolute Gasteiger partial charge is 0.381 e. The van der Waals surface area contributed by atoms with Gasteiger partial charge < -0.3 is 19.9 Å². The van der Waals surface area contributed by atoms with Crippen LogP contribution < -0.4 is 5.32 Å². The van der Waals surface area contributed by atoms with Crippen LogP contribution in [0.2, 0.25) is 0 Å². The second-order valence-electron chi connectivity index (χ2n) is 11.0. The van der Waals surface area contributed by atoms with Gasteiger partial charge in [0, 0.05) is 58.0 Å². The van der Waals surface area contributed by atoms with E-state index in [9.17, 15) is 9.59 Å². The number of urea groups is 1. The lowest BCUT2D eigenvalue weighted by Gasteiger charge is -2.44. The van der Waals surface area contributed by atoms with Gasteiger partial charge in [0.15, 0.2) is 5.82 Å². The summed E-state index contributed by atoms with van der Waals surface area (Å²) < 4.78 is 7.06. The number of aromatic amines is 1. The van der Waals surface area contributed by atoms with E-state index in [1.807, 2.05) is 30.6 Å². The van der Waals surface area contributed by atoms with Gasteiger partial charge in [-0.3, -0.25) is 19.5 Å². The molecule has 2 saturated heterocycles. The Hall–Kier alpha value is -2.92. The minimum absolute atomic E-state index is 0.0300. The van der Waals surface area contributed by atoms with Crippen LogP contribution in [-0.2, 0) is 23.9 Å². The number of nitrogens with one attached hydrogen (secondary N) is 2. The van der Waals surface area contributed by atoms with Gasteiger partial charge in [-0.2, -0.15) is 10.2 Å². The Bertz CT molecular complexity index is 1130. The van der Waals surface area contributed by atoms with E-state index in [0.717, 1.165) is 62.6 Å². The van der Waals surface area contributed by atoms with E-state index < -0.39 is 5.54 Å². The lowest BCUT2D eigenvalue weighted by atomic mass is 9.99. The summed E-state index contributed by atoms with van der Waals surface area (Å²) in [5.74, 6) is 0.878. The average molecular weight is 499 g/mol. The topological polar surface area (TPSA) is 112 Å². The zero-order valence-corrected chi connectivity index (χ0v) is 22.0. The molecule has 11 heteroatoms. The van der Waals surface area contributed by atoms with Crippen LogP contribution in [-0.4, -0.2) is 92.1 Å². The number of fused-ring (bicyclic) bond motifs is 1. The van der Waals surface area contributed by atoms with Crippen molar-refractivity contribution >= 4 is 17.8 Å². The number of rotatable bonds is 4. The van der Waals surface area contributed by atoms with E-state index in [0.29, 0.717) is 30.5 Å². The van der Waals surface area contributed by atoms with Gasteiger partial charge in [0.2, 0.25) is 0 Å². The fourth-order valence-electron chi connectivity index (χ4n) is 5.85. The summed E-state index contributed by atoms with van der Waals surface area (Å²) in [4.78, 5) is 33.0. The minimum Gasteiger partial charge on any atom is -0.381 e. The standard InChI is InChI=1S/C25H38N8O3/c1-16-12-20(30(5)29-16)23(34)26-22-19-15-33(25(3,4)21(19)27-28-22)24(35)32-9-8-31(13-17(32)2)14-18-6-10-36-11-7-18/h12,17-18H,6-11,13-15H2,1-5H3,(H2,26,27,28,34)/t17-/m0/s1. The molecule has 1 atom stereocenters. The van der Waals surface area contributed by atoms with Gasteiger partial charge in [-0.15, -0.1) is 0 Å². The summed E-state index contributed by atoms with van der Waals surface area (Å²) in [6.45, 7) is 13.7. The maximum Gasteiger partial charge on any atom is 0.321 e. The first-order chi connectivity index (χ1) is 17.1. The van der Waals surface area contributed by atoms with Crippen molar-refractivity contribution in [3.63, 3.8) is 0 Å². The van der Waals surface area contributed by atoms with Crippen molar-refractivity contribution < 1.29 is 14.3 Å². The van der Waals surface area contributed by atoms with Crippen LogP contribution in [0.25, 0.3) is 0 Å². The number of hydrogen-bond acceptors (Lipinski definition) is 6. The molecule has 2 aromatic rings. The van der Waals surface area contributed by atoms with Gasteiger partial charge in [0.1, 0.15) is 5.69 Å². The number of amides is 3. The Morgan fingerprint density at radius 3 is 2.67 bits per heavy atom. The molecule has 3 aliphatic heterocycles. The molecule has 3 aliphatic rings. The van der Waals surface area contributed by atoms with Crippen LogP contribution in [0.1, 0.15) is 61.1 Å². The average Bonchev–Trinajstić information content (AvgIpc) is 3.47. The zero-order valence-electron chi connectivity index (χ0n) is 22.0. The third kappa shape index (κ3) is 4.50. The molecule has 0 saturated carbocycles. The number of carbonyl (C=O) groups is 2. The van der Waals surface area contributed by atoms with Crippen LogP contribution in [0.15, 0.2) is 6.07 Å². The molecular formula is C25H38N8O3. The summed E-state index contributed by atoms with van der Waals surface area (Å²) in [7, 11) is 1.74. The van der Waals surface area contributed by atoms with Crippen LogP contribution in [0.3, 0.4) is 0 Å². The highest BCUT2D eigenvalue weighted by molar-refractivity contribution is 6.03. The highest BCUT2D eigenvalue weighted by Crippen LogP contribution is 2.41. The van der Waals surface area contributed by atoms with Crippen molar-refractivity contribution in [3.05, 3.63) is 28.7 Å². The molecule has 5 rings (SSSR count). The van der Waals surface area contributed by atoms with Crippen molar-refractivity contribution in [3.8, 4) is 0 Å². The van der Waals surface area contributed by atoms with E-state index in [1.54, 1.807) is 17.8 Å². The predicted octanol–water partition coefficient (Wildman–Crippen LogP) is 2.31. The quantitative estimate of drug-likeness (QED) is 0.669. The normalized spacial score (nSPS) is 22.6. The maximum atomic E-state index is 13.8. The molecule has 2 aromatic heterocycles. The smallest absolute Gasteiger partial charge is 0.321 e. The number of piperazine rings is 1. The van der Waals surface area contributed by atoms with E-state index >= 15 is 0 Å². The Morgan fingerprint density at radius 1 is 1.25 bits per heavy atom. The maximum absolute atomic E-state index is 13.8. The van der Waals surface area contributed by atoms with E-state index in [2.05, 4.69) is 32.4 Å². The van der Waals surface area contributed by atoms with Crippen LogP contribution >= 0.6 is 0 Å². The van der Waals surface area contributed by atoms with Crippen LogP contribution in [0, 0.1) is 12.8 Å². The van der Waals surface area contributed by atoms with E-state index in [4.69, 9.17) is 4.74 Å². The lowest BCUT2D eigenvalue weighted by Crippen LogP contribution is -2.59. The molecule has 2 N–H and O–H groups in total. The van der Waals surface area contributed by atoms with E-state index in [-0.39, 0.29) is 18.0 Å². The number of ether oxygens (including phenoxy) is 1. The fourth-order valence-corrected chi connectivity index (χ4v) is 5.85. The summed E-state index contributed by atoms with van der Waals surface area (Å²) in [5.41, 5.74) is 2.38. The first kappa shape index (κ1) is 24.8. The van der Waals surface area contributed by atoms with Gasteiger partial charge in [-0.05, 0) is 52.5 Å². The Labute approximate surface area is 212 Å². The summed E-state index contributed by atoms with van der Waals surface area (Å²) in [6.07, 6.45) is 2.25. The number of hydrogen-bond donors (Lipinski definition) is 2. The second kappa shape index (κ2) is 9.51. The lowest BCUT2D eigenvalue weighted by molar-refractivity contribution is 0.0290. The molecule has 3 amide bonds. The number of anilines is 1. The molecule has 196 valence electrons. The number of aryl methyl sites for hydroxylation is 2. The van der Waals surface area contributed by atoms with Crippen molar-refractivity contribution in [1.29, 1.82) is 0 Å². The van der Waals surface area contributed by atoms with Gasteiger partial charge in [0.25, 0.3) is 5.91 Å². The third-order valence-corrected chi connectivity index (χ3v) is 7.98. The molecule has 5 heterocycles. The number of H-pyrrole nitrogens is 1.